The summed E-state index contributed by atoms with van der Waals surface area (Å²) >= 11 is 18.7. The molecule has 1 saturated heterocycles. The number of hydrogen-bond acceptors (Lipinski definition) is 21. The highest BCUT2D eigenvalue weighted by molar-refractivity contribution is 7.91. The fraction of sp³-hybridized carbons (Fsp3) is 0.591. The van der Waals surface area contributed by atoms with Crippen molar-refractivity contribution in [3.8, 4) is 17.2 Å². The lowest BCUT2D eigenvalue weighted by atomic mass is 9.63. The first kappa shape index (κ1) is 102. The van der Waals surface area contributed by atoms with Gasteiger partial charge in [-0.2, -0.15) is 0 Å². The molecule has 3 amide bonds. The van der Waals surface area contributed by atoms with E-state index in [0.29, 0.717) is 154 Å². The van der Waals surface area contributed by atoms with Crippen LogP contribution in [0.5, 0.6) is 17.2 Å². The number of nitrogens with one attached hydrogen (secondary N) is 4. The van der Waals surface area contributed by atoms with Crippen molar-refractivity contribution in [3.05, 3.63) is 209 Å². The summed E-state index contributed by atoms with van der Waals surface area (Å²) < 4.78 is 172. The van der Waals surface area contributed by atoms with Crippen molar-refractivity contribution >= 4 is 99.7 Å². The first-order valence-corrected chi connectivity index (χ1v) is 57.8. The Morgan fingerprint density at radius 3 is 1.20 bits per heavy atom. The lowest BCUT2D eigenvalue weighted by molar-refractivity contribution is -0.0411. The van der Waals surface area contributed by atoms with Crippen LogP contribution in [0.1, 0.15) is 202 Å². The summed E-state index contributed by atoms with van der Waals surface area (Å²) in [5.41, 5.74) is 10.5. The van der Waals surface area contributed by atoms with Gasteiger partial charge in [0.1, 0.15) is 34.7 Å². The van der Waals surface area contributed by atoms with Crippen molar-refractivity contribution < 1.29 is 81.2 Å². The second kappa shape index (κ2) is 40.8. The van der Waals surface area contributed by atoms with Gasteiger partial charge in [0.15, 0.2) is 0 Å². The highest BCUT2D eigenvalue weighted by atomic mass is 35.5. The van der Waals surface area contributed by atoms with Gasteiger partial charge in [0.25, 0.3) is 17.7 Å². The topological polar surface area (TPSA) is 273 Å². The van der Waals surface area contributed by atoms with Crippen molar-refractivity contribution in [2.45, 2.75) is 207 Å². The predicted octanol–water partition coefficient (Wildman–Crippen LogP) is 17.3. The van der Waals surface area contributed by atoms with E-state index >= 15 is 13.2 Å². The summed E-state index contributed by atoms with van der Waals surface area (Å²) in [6.45, 7) is 22.2. The number of likely N-dealkylation sites (N-methyl/N-ethyl adjacent to an activating group) is 1. The molecule has 9 aliphatic carbocycles. The van der Waals surface area contributed by atoms with Crippen molar-refractivity contribution in [2.75, 3.05) is 148 Å². The smallest absolute Gasteiger partial charge is 0.264 e. The predicted molar refractivity (Wildman–Crippen MR) is 551 cm³/mol. The number of sulfonamides is 3. The number of hydrogen-bond donors (Lipinski definition) is 4. The molecule has 0 radical (unpaired) electrons. The Morgan fingerprint density at radius 1 is 0.476 bits per heavy atom. The number of allylic oxidation sites excluding steroid dienone is 3. The highest BCUT2D eigenvalue weighted by Gasteiger charge is 2.54. The standard InChI is InChI=1S/C39H49ClFN3O6S.C36H45ClFN3O5S.C35H43ClFN3O4S/c1-24-25(2)51(46,47)42-38(45)26-6-10-35-34(20-26)44(22-39(23-50-35)11-3-4-31-32(39)8-9-33(40)36(31)41)21-27-5-7-30(27)37(29-18-28(24)19-29)49-17-14-43-12-15-48-16-13-43;1-21-22(2)47(43,44)40-35(42)23-7-11-32-31(17-23)41(18-24-6-8-27(24)34(39-13-14-45-3)26-15-25(21)16-26)19-36(20-46-32)12-4-5-28-29(36)9-10-30(37)33(28)38;1-20-21(2)45(42,43)38-34(41)22-8-12-31-30(16-22)40(17-23-7-9-26(23)33(39(3)4)25-14-24(20)15-25)18-35(19-44-31)13-5-6-27-28(35)10-11-29(36)32(27)37/h6,8-10,18,20,24-25,27-28,30,37H,3-5,7,11-17,19,21-23H2,1-2H3,(H,42,45);7,9-11,15,17,21-22,24-25,27,34,39H,4-6,8,12-14,16,18-20H2,1-3H3,(H,40,42);8,10-12,14,16,20-21,23-24,26,33H,5-7,9,13,15,17-19H2,1-4H3,(H,38,41)/t24-,25-,27+,28+,30-,37+,39+;21-,22-,24+,25+,27-,34+,36+;20-,21-,23+,24+,26-,33?,35+/m111/s1. The fourth-order valence-corrected chi connectivity index (χ4v) is 31.4. The third kappa shape index (κ3) is 19.6. The van der Waals surface area contributed by atoms with Crippen LogP contribution in [0.2, 0.25) is 15.1 Å². The number of rotatable bonds is 9. The van der Waals surface area contributed by atoms with Gasteiger partial charge in [-0.05, 0) is 333 Å². The minimum atomic E-state index is -3.96. The Balaban J connectivity index is 0.000000131. The second-order valence-electron chi connectivity index (χ2n) is 44.7. The van der Waals surface area contributed by atoms with E-state index in [1.807, 2.05) is 39.0 Å². The number of fused-ring (bicyclic) bond motifs is 18. The largest absolute Gasteiger partial charge is 0.490 e. The Morgan fingerprint density at radius 2 is 0.839 bits per heavy atom. The summed E-state index contributed by atoms with van der Waals surface area (Å²) in [5.74, 6) is 1.15. The van der Waals surface area contributed by atoms with Crippen molar-refractivity contribution in [2.24, 2.45) is 71.0 Å². The molecular weight excluding hydrogens is 1950 g/mol. The zero-order valence-corrected chi connectivity index (χ0v) is 88.1. The molecule has 24 nitrogen and oxygen atoms in total. The summed E-state index contributed by atoms with van der Waals surface area (Å²) in [7, 11) is -5.82. The molecule has 6 aromatic carbocycles. The van der Waals surface area contributed by atoms with Gasteiger partial charge in [-0.15, -0.1) is 0 Å². The molecule has 10 aliphatic heterocycles. The molecule has 33 heteroatoms. The maximum absolute atomic E-state index is 15.5. The minimum absolute atomic E-state index is 0.0394. The van der Waals surface area contributed by atoms with E-state index < -0.39 is 79.8 Å². The van der Waals surface area contributed by atoms with E-state index in [0.717, 1.165) is 183 Å². The average molecular weight is 2080 g/mol. The molecule has 21 atom stereocenters. The molecular formula is C110H137Cl3F3N9O15S3. The number of nitrogens with zero attached hydrogens (tertiary/aromatic N) is 5. The van der Waals surface area contributed by atoms with E-state index in [1.54, 1.807) is 101 Å². The summed E-state index contributed by atoms with van der Waals surface area (Å²) in [6, 6.07) is 26.9. The van der Waals surface area contributed by atoms with Crippen LogP contribution in [0.25, 0.3) is 0 Å². The molecule has 10 heterocycles. The van der Waals surface area contributed by atoms with Gasteiger partial charge in [0, 0.05) is 118 Å². The molecule has 3 spiro atoms. The van der Waals surface area contributed by atoms with Crippen LogP contribution >= 0.6 is 34.8 Å². The van der Waals surface area contributed by atoms with E-state index in [2.05, 4.69) is 76.3 Å². The first-order chi connectivity index (χ1) is 68.4. The molecule has 4 N–H and O–H groups in total. The molecule has 25 rings (SSSR count). The van der Waals surface area contributed by atoms with E-state index in [1.165, 1.54) is 16.7 Å². The molecule has 19 aliphatic rings. The van der Waals surface area contributed by atoms with E-state index in [-0.39, 0.29) is 96.9 Å². The quantitative estimate of drug-likeness (QED) is 0.0773. The van der Waals surface area contributed by atoms with Crippen LogP contribution in [-0.4, -0.2) is 220 Å². The number of halogens is 6. The molecule has 772 valence electrons. The highest BCUT2D eigenvalue weighted by Crippen LogP contribution is 2.57. The molecule has 12 bridgehead atoms. The number of carbonyl (C=O) groups is 3. The van der Waals surface area contributed by atoms with Crippen LogP contribution < -0.4 is 48.4 Å². The van der Waals surface area contributed by atoms with Crippen LogP contribution in [-0.2, 0) is 79.8 Å². The molecule has 3 saturated carbocycles. The third-order valence-corrected chi connectivity index (χ3v) is 43.1. The van der Waals surface area contributed by atoms with Gasteiger partial charge in [-0.25, -0.2) is 52.6 Å². The van der Waals surface area contributed by atoms with Crippen LogP contribution in [0.3, 0.4) is 0 Å². The Kier molecular flexibility index (Phi) is 29.2. The van der Waals surface area contributed by atoms with Gasteiger partial charge in [0.05, 0.1) is 100 Å². The Labute approximate surface area is 855 Å². The SMILES string of the molecule is COCCN[C@H]1C2=C[C@@H](C2)[C@H](C)[C@@H](C)S(=O)(=O)NC(=O)c2ccc3c(c2)N(C[C@@H]2CC[C@H]21)C[C@@]1(CCCc2c1ccc(Cl)c2F)CO3.C[C@@H]1[C@@H](C)S(=O)(=O)NC(=O)c2ccc3c(c2)N(C[C@@H]2CC[C@H]2C(N(C)C)C2=C[C@H]1C2)C[C@@]1(CCCc2c1ccc(Cl)c2F)CO3.C[C@@H]1[C@@H](C)S(=O)(=O)NC(=O)c2ccc3c(c2)N(C[C@@H]2CC[C@H]2[C@@H](OCCN2CCOCC2)C2=C[C@H]1C2)C[C@@]1(CCCc2c1ccc(Cl)c2F)CO3. The lowest BCUT2D eigenvalue weighted by Gasteiger charge is -2.50. The van der Waals surface area contributed by atoms with Crippen LogP contribution in [0, 0.1) is 88.5 Å². The van der Waals surface area contributed by atoms with Gasteiger partial charge in [-0.3, -0.25) is 19.3 Å². The van der Waals surface area contributed by atoms with Gasteiger partial charge >= 0.3 is 0 Å². The lowest BCUT2D eigenvalue weighted by Crippen LogP contribution is -2.53. The van der Waals surface area contributed by atoms with Gasteiger partial charge in [0.2, 0.25) is 30.1 Å². The normalized spacial score (nSPS) is 33.4. The summed E-state index contributed by atoms with van der Waals surface area (Å²) in [5, 5.41) is 1.94. The van der Waals surface area contributed by atoms with E-state index in [4.69, 9.17) is 63.2 Å². The maximum atomic E-state index is 15.5. The molecule has 6 aromatic rings. The fourth-order valence-electron chi connectivity index (χ4n) is 26.9. The first-order valence-electron chi connectivity index (χ1n) is 52.0. The molecule has 1 unspecified atom stereocenters. The number of ether oxygens (including phenoxy) is 6. The number of benzene rings is 6. The van der Waals surface area contributed by atoms with Gasteiger partial charge < -0.3 is 53.3 Å². The zero-order valence-electron chi connectivity index (χ0n) is 83.4. The number of carbonyl (C=O) groups excluding carboxylic acids is 3. The number of methoxy groups -OCH3 is 1. The Hall–Kier alpha value is -7.98. The van der Waals surface area contributed by atoms with Crippen molar-refractivity contribution in [1.82, 2.24) is 29.3 Å². The monoisotopic (exact) mass is 2080 g/mol. The van der Waals surface area contributed by atoms with E-state index in [9.17, 15) is 39.6 Å². The van der Waals surface area contributed by atoms with Crippen LogP contribution in [0.15, 0.2) is 126 Å². The van der Waals surface area contributed by atoms with Crippen molar-refractivity contribution in [3.63, 3.8) is 0 Å². The molecule has 4 fully saturated rings. The van der Waals surface area contributed by atoms with Crippen LogP contribution in [0.4, 0.5) is 30.2 Å². The third-order valence-electron chi connectivity index (χ3n) is 36.5. The summed E-state index contributed by atoms with van der Waals surface area (Å²) in [6.07, 6.45) is 22.6. The maximum Gasteiger partial charge on any atom is 0.264 e. The molecule has 0 aromatic heterocycles. The Bertz CT molecular complexity index is 6390. The molecule has 143 heavy (non-hydrogen) atoms. The number of amides is 3. The average Bonchev–Trinajstić information content (AvgIpc) is 1.68. The van der Waals surface area contributed by atoms with Gasteiger partial charge in [-0.1, -0.05) is 103 Å². The van der Waals surface area contributed by atoms with Crippen molar-refractivity contribution in [1.29, 1.82) is 0 Å². The minimum Gasteiger partial charge on any atom is -0.490 e. The number of morpholine rings is 1. The second-order valence-corrected chi connectivity index (χ2v) is 52.0. The zero-order chi connectivity index (χ0) is 100. The summed E-state index contributed by atoms with van der Waals surface area (Å²) in [4.78, 5) is 52.3. The number of anilines is 3.